The van der Waals surface area contributed by atoms with E-state index in [1.807, 2.05) is 24.3 Å². The summed E-state index contributed by atoms with van der Waals surface area (Å²) < 4.78 is 7.94. The predicted octanol–water partition coefficient (Wildman–Crippen LogP) is 3.71. The number of hydrogen-bond acceptors (Lipinski definition) is 3. The summed E-state index contributed by atoms with van der Waals surface area (Å²) in [4.78, 5) is 25.2. The van der Waals surface area contributed by atoms with Crippen molar-refractivity contribution in [2.45, 2.75) is 39.2 Å². The first-order chi connectivity index (χ1) is 11.6. The molecule has 0 radical (unpaired) electrons. The lowest BCUT2D eigenvalue weighted by Crippen LogP contribution is -2.32. The molecule has 0 atom stereocenters. The molecule has 5 heteroatoms. The maximum Gasteiger partial charge on any atom is 0.339 e. The molecule has 2 heterocycles. The zero-order valence-corrected chi connectivity index (χ0v) is 15.3. The Hall–Kier alpha value is -1.88. The van der Waals surface area contributed by atoms with Crippen LogP contribution in [0.3, 0.4) is 0 Å². The standard InChI is InChI=1S/C19H20BrNO3/c1-2-24-19(23)16-12-14(10-13-6-5-7-15(20)11-13)18(22)21-9-4-3-8-17(16)21/h5-7,11-12H,2-4,8-10H2,1H3. The molecule has 0 spiro atoms. The third-order valence-electron chi connectivity index (χ3n) is 4.30. The topological polar surface area (TPSA) is 48.3 Å². The molecule has 1 aliphatic heterocycles. The molecule has 2 aromatic rings. The van der Waals surface area contributed by atoms with Crippen LogP contribution in [0, 0.1) is 0 Å². The number of fused-ring (bicyclic) bond motifs is 1. The normalized spacial score (nSPS) is 13.4. The van der Waals surface area contributed by atoms with Gasteiger partial charge in [-0.1, -0.05) is 28.1 Å². The predicted molar refractivity (Wildman–Crippen MR) is 96.5 cm³/mol. The smallest absolute Gasteiger partial charge is 0.339 e. The van der Waals surface area contributed by atoms with Gasteiger partial charge in [-0.2, -0.15) is 0 Å². The molecular formula is C19H20BrNO3. The number of carbonyl (C=O) groups excluding carboxylic acids is 1. The Morgan fingerprint density at radius 1 is 1.29 bits per heavy atom. The van der Waals surface area contributed by atoms with Crippen LogP contribution in [0.2, 0.25) is 0 Å². The average Bonchev–Trinajstić information content (AvgIpc) is 2.58. The molecule has 0 fully saturated rings. The molecule has 1 aromatic carbocycles. The molecule has 126 valence electrons. The molecule has 0 aliphatic carbocycles. The van der Waals surface area contributed by atoms with E-state index in [1.54, 1.807) is 17.6 Å². The van der Waals surface area contributed by atoms with Crippen molar-refractivity contribution in [2.24, 2.45) is 0 Å². The van der Waals surface area contributed by atoms with Crippen molar-refractivity contribution in [3.05, 3.63) is 67.5 Å². The van der Waals surface area contributed by atoms with E-state index in [2.05, 4.69) is 15.9 Å². The highest BCUT2D eigenvalue weighted by Crippen LogP contribution is 2.21. The molecule has 0 saturated heterocycles. The molecule has 1 aromatic heterocycles. The van der Waals surface area contributed by atoms with Crippen molar-refractivity contribution in [3.63, 3.8) is 0 Å². The second kappa shape index (κ2) is 7.34. The molecular weight excluding hydrogens is 370 g/mol. The van der Waals surface area contributed by atoms with E-state index in [0.29, 0.717) is 30.7 Å². The van der Waals surface area contributed by atoms with Crippen molar-refractivity contribution in [1.82, 2.24) is 4.57 Å². The number of ether oxygens (including phenoxy) is 1. The van der Waals surface area contributed by atoms with Gasteiger partial charge in [0.1, 0.15) is 0 Å². The highest BCUT2D eigenvalue weighted by atomic mass is 79.9. The minimum Gasteiger partial charge on any atom is -0.462 e. The number of esters is 1. The lowest BCUT2D eigenvalue weighted by molar-refractivity contribution is 0.0523. The van der Waals surface area contributed by atoms with Crippen LogP contribution in [0.4, 0.5) is 0 Å². The van der Waals surface area contributed by atoms with E-state index < -0.39 is 0 Å². The molecule has 0 amide bonds. The molecule has 3 rings (SSSR count). The van der Waals surface area contributed by atoms with Gasteiger partial charge in [0.05, 0.1) is 12.2 Å². The monoisotopic (exact) mass is 389 g/mol. The molecule has 1 aliphatic rings. The number of nitrogens with zero attached hydrogens (tertiary/aromatic N) is 1. The van der Waals surface area contributed by atoms with Crippen molar-refractivity contribution >= 4 is 21.9 Å². The number of carbonyl (C=O) groups is 1. The van der Waals surface area contributed by atoms with Gasteiger partial charge < -0.3 is 9.30 Å². The lowest BCUT2D eigenvalue weighted by Gasteiger charge is -2.22. The van der Waals surface area contributed by atoms with Gasteiger partial charge in [0.2, 0.25) is 0 Å². The summed E-state index contributed by atoms with van der Waals surface area (Å²) in [6.07, 6.45) is 3.22. The number of benzene rings is 1. The Morgan fingerprint density at radius 3 is 2.88 bits per heavy atom. The second-order valence-electron chi connectivity index (χ2n) is 5.97. The lowest BCUT2D eigenvalue weighted by atomic mass is 9.98. The summed E-state index contributed by atoms with van der Waals surface area (Å²) in [6.45, 7) is 2.80. The van der Waals surface area contributed by atoms with Gasteiger partial charge in [0.15, 0.2) is 0 Å². The third-order valence-corrected chi connectivity index (χ3v) is 4.79. The van der Waals surface area contributed by atoms with Crippen LogP contribution in [0.15, 0.2) is 39.6 Å². The van der Waals surface area contributed by atoms with Crippen molar-refractivity contribution in [1.29, 1.82) is 0 Å². The zero-order chi connectivity index (χ0) is 17.1. The number of halogens is 1. The third kappa shape index (κ3) is 3.46. The Labute approximate surface area is 149 Å². The van der Waals surface area contributed by atoms with Crippen LogP contribution in [-0.2, 0) is 24.1 Å². The van der Waals surface area contributed by atoms with Gasteiger partial charge in [0, 0.05) is 28.7 Å². The number of pyridine rings is 1. The Morgan fingerprint density at radius 2 is 2.12 bits per heavy atom. The summed E-state index contributed by atoms with van der Waals surface area (Å²) in [6, 6.07) is 9.61. The first kappa shape index (κ1) is 17.0. The minimum atomic E-state index is -0.335. The van der Waals surface area contributed by atoms with E-state index in [0.717, 1.165) is 35.0 Å². The van der Waals surface area contributed by atoms with Crippen molar-refractivity contribution < 1.29 is 9.53 Å². The average molecular weight is 390 g/mol. The SMILES string of the molecule is CCOC(=O)c1cc(Cc2cccc(Br)c2)c(=O)n2c1CCCC2. The maximum atomic E-state index is 12.8. The van der Waals surface area contributed by atoms with Gasteiger partial charge in [0.25, 0.3) is 5.56 Å². The molecule has 0 saturated carbocycles. The van der Waals surface area contributed by atoms with Gasteiger partial charge in [-0.15, -0.1) is 0 Å². The van der Waals surface area contributed by atoms with E-state index in [4.69, 9.17) is 4.74 Å². The van der Waals surface area contributed by atoms with Gasteiger partial charge >= 0.3 is 5.97 Å². The van der Waals surface area contributed by atoms with E-state index >= 15 is 0 Å². The summed E-state index contributed by atoms with van der Waals surface area (Å²) in [5, 5.41) is 0. The summed E-state index contributed by atoms with van der Waals surface area (Å²) in [5.74, 6) is -0.335. The summed E-state index contributed by atoms with van der Waals surface area (Å²) in [5.41, 5.74) is 3.05. The van der Waals surface area contributed by atoms with Crippen LogP contribution < -0.4 is 5.56 Å². The minimum absolute atomic E-state index is 0.0118. The quantitative estimate of drug-likeness (QED) is 0.748. The summed E-state index contributed by atoms with van der Waals surface area (Å²) in [7, 11) is 0. The van der Waals surface area contributed by atoms with Gasteiger partial charge in [-0.25, -0.2) is 4.79 Å². The zero-order valence-electron chi connectivity index (χ0n) is 13.7. The fourth-order valence-corrected chi connectivity index (χ4v) is 3.65. The van der Waals surface area contributed by atoms with Crippen LogP contribution in [0.5, 0.6) is 0 Å². The molecule has 0 N–H and O–H groups in total. The maximum absolute atomic E-state index is 12.8. The van der Waals surface area contributed by atoms with Crippen LogP contribution in [0.25, 0.3) is 0 Å². The van der Waals surface area contributed by atoms with E-state index in [9.17, 15) is 9.59 Å². The molecule has 4 nitrogen and oxygen atoms in total. The Balaban J connectivity index is 2.07. The fourth-order valence-electron chi connectivity index (χ4n) is 3.21. The van der Waals surface area contributed by atoms with Gasteiger partial charge in [-0.05, 0) is 49.9 Å². The van der Waals surface area contributed by atoms with Crippen LogP contribution in [-0.4, -0.2) is 17.1 Å². The first-order valence-electron chi connectivity index (χ1n) is 8.27. The largest absolute Gasteiger partial charge is 0.462 e. The van der Waals surface area contributed by atoms with Crippen molar-refractivity contribution in [3.8, 4) is 0 Å². The van der Waals surface area contributed by atoms with Crippen molar-refractivity contribution in [2.75, 3.05) is 6.61 Å². The van der Waals surface area contributed by atoms with Crippen LogP contribution >= 0.6 is 15.9 Å². The van der Waals surface area contributed by atoms with Crippen LogP contribution in [0.1, 0.15) is 46.9 Å². The Kier molecular flexibility index (Phi) is 5.19. The summed E-state index contributed by atoms with van der Waals surface area (Å²) >= 11 is 3.45. The number of rotatable bonds is 4. The highest BCUT2D eigenvalue weighted by Gasteiger charge is 2.22. The second-order valence-corrected chi connectivity index (χ2v) is 6.89. The first-order valence-corrected chi connectivity index (χ1v) is 9.06. The number of aromatic nitrogens is 1. The van der Waals surface area contributed by atoms with E-state index in [-0.39, 0.29) is 11.5 Å². The van der Waals surface area contributed by atoms with Gasteiger partial charge in [-0.3, -0.25) is 4.79 Å². The fraction of sp³-hybridized carbons (Fsp3) is 0.368. The Bertz CT molecular complexity index is 826. The molecule has 24 heavy (non-hydrogen) atoms. The molecule has 0 bridgehead atoms. The highest BCUT2D eigenvalue weighted by molar-refractivity contribution is 9.10. The number of hydrogen-bond donors (Lipinski definition) is 0. The molecule has 0 unspecified atom stereocenters. The van der Waals surface area contributed by atoms with E-state index in [1.165, 1.54) is 0 Å².